The summed E-state index contributed by atoms with van der Waals surface area (Å²) in [5.41, 5.74) is 7.04. The second-order valence-electron chi connectivity index (χ2n) is 4.26. The van der Waals surface area contributed by atoms with Gasteiger partial charge in [-0.15, -0.1) is 0 Å². The SMILES string of the molecule is Cn1nccc1CCOC1CCC(N)C1. The van der Waals surface area contributed by atoms with Crippen LogP contribution in [0.15, 0.2) is 12.3 Å². The van der Waals surface area contributed by atoms with Gasteiger partial charge in [-0.25, -0.2) is 0 Å². The monoisotopic (exact) mass is 209 g/mol. The first-order chi connectivity index (χ1) is 7.25. The van der Waals surface area contributed by atoms with Gasteiger partial charge in [0.05, 0.1) is 12.7 Å². The summed E-state index contributed by atoms with van der Waals surface area (Å²) in [5.74, 6) is 0. The number of nitrogens with zero attached hydrogens (tertiary/aromatic N) is 2. The summed E-state index contributed by atoms with van der Waals surface area (Å²) in [6.45, 7) is 0.775. The van der Waals surface area contributed by atoms with E-state index in [0.717, 1.165) is 32.3 Å². The number of hydrogen-bond donors (Lipinski definition) is 1. The zero-order valence-electron chi connectivity index (χ0n) is 9.22. The van der Waals surface area contributed by atoms with Crippen molar-refractivity contribution in [1.29, 1.82) is 0 Å². The molecule has 1 aromatic heterocycles. The van der Waals surface area contributed by atoms with Crippen molar-refractivity contribution in [1.82, 2.24) is 9.78 Å². The van der Waals surface area contributed by atoms with Gasteiger partial charge < -0.3 is 10.5 Å². The predicted octanol–water partition coefficient (Wildman–Crippen LogP) is 0.859. The van der Waals surface area contributed by atoms with Crippen LogP contribution in [0.3, 0.4) is 0 Å². The smallest absolute Gasteiger partial charge is 0.0590 e. The van der Waals surface area contributed by atoms with E-state index in [4.69, 9.17) is 10.5 Å². The van der Waals surface area contributed by atoms with E-state index >= 15 is 0 Å². The maximum Gasteiger partial charge on any atom is 0.0590 e. The molecule has 1 aromatic rings. The van der Waals surface area contributed by atoms with Gasteiger partial charge in [-0.05, 0) is 25.3 Å². The van der Waals surface area contributed by atoms with Crippen molar-refractivity contribution in [2.24, 2.45) is 12.8 Å². The Morgan fingerprint density at radius 3 is 3.07 bits per heavy atom. The first kappa shape index (κ1) is 10.6. The Balaban J connectivity index is 1.69. The summed E-state index contributed by atoms with van der Waals surface area (Å²) in [7, 11) is 1.96. The minimum Gasteiger partial charge on any atom is -0.378 e. The second kappa shape index (κ2) is 4.77. The first-order valence-electron chi connectivity index (χ1n) is 5.60. The van der Waals surface area contributed by atoms with E-state index in [9.17, 15) is 0 Å². The van der Waals surface area contributed by atoms with Crippen LogP contribution in [-0.2, 0) is 18.2 Å². The molecular weight excluding hydrogens is 190 g/mol. The average Bonchev–Trinajstić information content (AvgIpc) is 2.77. The number of rotatable bonds is 4. The molecule has 4 heteroatoms. The van der Waals surface area contributed by atoms with E-state index in [1.54, 1.807) is 0 Å². The van der Waals surface area contributed by atoms with E-state index < -0.39 is 0 Å². The van der Waals surface area contributed by atoms with Gasteiger partial charge in [-0.3, -0.25) is 4.68 Å². The lowest BCUT2D eigenvalue weighted by atomic mass is 10.3. The van der Waals surface area contributed by atoms with Gasteiger partial charge in [0.1, 0.15) is 0 Å². The van der Waals surface area contributed by atoms with Crippen LogP contribution < -0.4 is 5.73 Å². The van der Waals surface area contributed by atoms with Gasteiger partial charge in [0.15, 0.2) is 0 Å². The second-order valence-corrected chi connectivity index (χ2v) is 4.26. The van der Waals surface area contributed by atoms with E-state index in [1.165, 1.54) is 5.69 Å². The van der Waals surface area contributed by atoms with Crippen LogP contribution in [0, 0.1) is 0 Å². The number of aromatic nitrogens is 2. The van der Waals surface area contributed by atoms with Crippen LogP contribution >= 0.6 is 0 Å². The normalized spacial score (nSPS) is 26.0. The number of ether oxygens (including phenoxy) is 1. The highest BCUT2D eigenvalue weighted by Crippen LogP contribution is 2.20. The van der Waals surface area contributed by atoms with E-state index in [0.29, 0.717) is 12.1 Å². The third-order valence-electron chi connectivity index (χ3n) is 3.06. The third-order valence-corrected chi connectivity index (χ3v) is 3.06. The van der Waals surface area contributed by atoms with Crippen molar-refractivity contribution in [3.63, 3.8) is 0 Å². The van der Waals surface area contributed by atoms with Crippen molar-refractivity contribution >= 4 is 0 Å². The van der Waals surface area contributed by atoms with Crippen LogP contribution in [0.2, 0.25) is 0 Å². The van der Waals surface area contributed by atoms with Gasteiger partial charge >= 0.3 is 0 Å². The molecule has 15 heavy (non-hydrogen) atoms. The van der Waals surface area contributed by atoms with Gasteiger partial charge in [0, 0.05) is 31.4 Å². The van der Waals surface area contributed by atoms with Gasteiger partial charge in [-0.1, -0.05) is 0 Å². The molecule has 2 atom stereocenters. The molecule has 2 unspecified atom stereocenters. The topological polar surface area (TPSA) is 53.1 Å². The van der Waals surface area contributed by atoms with Crippen molar-refractivity contribution in [2.75, 3.05) is 6.61 Å². The highest BCUT2D eigenvalue weighted by atomic mass is 16.5. The Morgan fingerprint density at radius 1 is 1.60 bits per heavy atom. The van der Waals surface area contributed by atoms with Crippen molar-refractivity contribution in [3.05, 3.63) is 18.0 Å². The fourth-order valence-corrected chi connectivity index (χ4v) is 2.10. The zero-order chi connectivity index (χ0) is 10.7. The maximum absolute atomic E-state index is 5.82. The van der Waals surface area contributed by atoms with Crippen LogP contribution in [-0.4, -0.2) is 28.5 Å². The van der Waals surface area contributed by atoms with E-state index in [1.807, 2.05) is 24.0 Å². The number of aryl methyl sites for hydroxylation is 1. The van der Waals surface area contributed by atoms with Crippen molar-refractivity contribution in [2.45, 2.75) is 37.8 Å². The standard InChI is InChI=1S/C11H19N3O/c1-14-10(4-6-13-14)5-7-15-11-3-2-9(12)8-11/h4,6,9,11H,2-3,5,7-8,12H2,1H3. The molecule has 1 heterocycles. The molecule has 1 fully saturated rings. The molecule has 0 saturated heterocycles. The molecule has 0 amide bonds. The molecule has 0 bridgehead atoms. The number of hydrogen-bond acceptors (Lipinski definition) is 3. The molecule has 0 aromatic carbocycles. The lowest BCUT2D eigenvalue weighted by Crippen LogP contribution is -2.18. The molecule has 1 aliphatic carbocycles. The summed E-state index contributed by atoms with van der Waals surface area (Å²) in [6.07, 6.45) is 6.38. The Hall–Kier alpha value is -0.870. The summed E-state index contributed by atoms with van der Waals surface area (Å²) in [6, 6.07) is 2.38. The lowest BCUT2D eigenvalue weighted by Gasteiger charge is -2.11. The van der Waals surface area contributed by atoms with Gasteiger partial charge in [0.25, 0.3) is 0 Å². The molecule has 1 aliphatic rings. The summed E-state index contributed by atoms with van der Waals surface area (Å²) >= 11 is 0. The molecule has 0 spiro atoms. The maximum atomic E-state index is 5.82. The van der Waals surface area contributed by atoms with Gasteiger partial charge in [-0.2, -0.15) is 5.10 Å². The van der Waals surface area contributed by atoms with E-state index in [2.05, 4.69) is 5.10 Å². The Labute approximate surface area is 90.4 Å². The fraction of sp³-hybridized carbons (Fsp3) is 0.727. The first-order valence-corrected chi connectivity index (χ1v) is 5.60. The molecular formula is C11H19N3O. The Morgan fingerprint density at radius 2 is 2.47 bits per heavy atom. The fourth-order valence-electron chi connectivity index (χ4n) is 2.10. The van der Waals surface area contributed by atoms with Crippen LogP contribution in [0.25, 0.3) is 0 Å². The third kappa shape index (κ3) is 2.79. The van der Waals surface area contributed by atoms with Crippen molar-refractivity contribution < 1.29 is 4.74 Å². The minimum absolute atomic E-state index is 0.353. The quantitative estimate of drug-likeness (QED) is 0.800. The lowest BCUT2D eigenvalue weighted by molar-refractivity contribution is 0.0590. The zero-order valence-corrected chi connectivity index (χ0v) is 9.22. The van der Waals surface area contributed by atoms with E-state index in [-0.39, 0.29) is 0 Å². The molecule has 0 aliphatic heterocycles. The predicted molar refractivity (Wildman–Crippen MR) is 58.5 cm³/mol. The largest absolute Gasteiger partial charge is 0.378 e. The highest BCUT2D eigenvalue weighted by Gasteiger charge is 2.21. The number of nitrogens with two attached hydrogens (primary N) is 1. The molecule has 84 valence electrons. The Bertz CT molecular complexity index is 311. The summed E-state index contributed by atoms with van der Waals surface area (Å²) in [4.78, 5) is 0. The molecule has 0 radical (unpaired) electrons. The summed E-state index contributed by atoms with van der Waals surface area (Å²) in [5, 5.41) is 4.12. The van der Waals surface area contributed by atoms with Crippen LogP contribution in [0.4, 0.5) is 0 Å². The minimum atomic E-state index is 0.353. The summed E-state index contributed by atoms with van der Waals surface area (Å²) < 4.78 is 7.67. The van der Waals surface area contributed by atoms with Gasteiger partial charge in [0.2, 0.25) is 0 Å². The van der Waals surface area contributed by atoms with Crippen molar-refractivity contribution in [3.8, 4) is 0 Å². The molecule has 2 rings (SSSR count). The highest BCUT2D eigenvalue weighted by molar-refractivity contribution is 4.99. The average molecular weight is 209 g/mol. The van der Waals surface area contributed by atoms with Crippen LogP contribution in [0.1, 0.15) is 25.0 Å². The molecule has 4 nitrogen and oxygen atoms in total. The Kier molecular flexibility index (Phi) is 3.38. The van der Waals surface area contributed by atoms with Crippen LogP contribution in [0.5, 0.6) is 0 Å². The molecule has 1 saturated carbocycles. The molecule has 2 N–H and O–H groups in total.